The first kappa shape index (κ1) is 18.3. The van der Waals surface area contributed by atoms with Gasteiger partial charge < -0.3 is 15.0 Å². The molecular weight excluding hydrogens is 348 g/mol. The van der Waals surface area contributed by atoms with Crippen LogP contribution in [0.15, 0.2) is 53.4 Å². The summed E-state index contributed by atoms with van der Waals surface area (Å²) in [5, 5.41) is 2.91. The second-order valence-electron chi connectivity index (χ2n) is 6.00. The number of rotatable bonds is 7. The highest BCUT2D eigenvalue weighted by Crippen LogP contribution is 2.34. The van der Waals surface area contributed by atoms with Crippen LogP contribution in [0.4, 0.5) is 11.4 Å². The monoisotopic (exact) mass is 370 g/mol. The molecule has 2 aromatic rings. The smallest absolute Gasteiger partial charge is 0.227 e. The summed E-state index contributed by atoms with van der Waals surface area (Å²) in [6, 6.07) is 15.4. The number of anilines is 2. The molecule has 1 fully saturated rings. The van der Waals surface area contributed by atoms with Crippen molar-refractivity contribution in [2.45, 2.75) is 24.2 Å². The first-order valence-electron chi connectivity index (χ1n) is 8.63. The van der Waals surface area contributed by atoms with Crippen molar-refractivity contribution in [2.24, 2.45) is 0 Å². The number of thioether (sulfide) groups is 1. The Hall–Kier alpha value is -2.47. The molecule has 1 aliphatic rings. The number of benzene rings is 2. The molecule has 1 aliphatic heterocycles. The second-order valence-corrected chi connectivity index (χ2v) is 7.16. The molecule has 136 valence electrons. The molecule has 26 heavy (non-hydrogen) atoms. The third kappa shape index (κ3) is 4.58. The highest BCUT2D eigenvalue weighted by molar-refractivity contribution is 7.99. The SMILES string of the molecule is COc1ccc(NC(=O)CCSc2ccccc2)cc1N1CCCC1=O. The van der Waals surface area contributed by atoms with E-state index in [4.69, 9.17) is 4.74 Å². The fourth-order valence-electron chi connectivity index (χ4n) is 2.88. The number of hydrogen-bond donors (Lipinski definition) is 1. The Labute approximate surface area is 157 Å². The molecule has 2 amide bonds. The van der Waals surface area contributed by atoms with E-state index in [0.717, 1.165) is 11.3 Å². The zero-order valence-corrected chi connectivity index (χ0v) is 15.6. The minimum atomic E-state index is -0.0442. The standard InChI is InChI=1S/C20H22N2O3S/c1-25-18-10-9-15(14-17(18)22-12-5-8-20(22)24)21-19(23)11-13-26-16-6-3-2-4-7-16/h2-4,6-7,9-10,14H,5,8,11-13H2,1H3,(H,21,23). The van der Waals surface area contributed by atoms with Gasteiger partial charge in [-0.1, -0.05) is 18.2 Å². The largest absolute Gasteiger partial charge is 0.495 e. The summed E-state index contributed by atoms with van der Waals surface area (Å²) >= 11 is 1.66. The third-order valence-electron chi connectivity index (χ3n) is 4.17. The molecule has 0 spiro atoms. The van der Waals surface area contributed by atoms with Gasteiger partial charge in [0.25, 0.3) is 0 Å². The van der Waals surface area contributed by atoms with Gasteiger partial charge in [0.15, 0.2) is 0 Å². The Balaban J connectivity index is 1.60. The average Bonchev–Trinajstić information content (AvgIpc) is 3.08. The molecule has 1 saturated heterocycles. The maximum Gasteiger partial charge on any atom is 0.227 e. The van der Waals surface area contributed by atoms with Crippen LogP contribution in [0.1, 0.15) is 19.3 Å². The summed E-state index contributed by atoms with van der Waals surface area (Å²) < 4.78 is 5.37. The molecule has 1 N–H and O–H groups in total. The molecule has 0 atom stereocenters. The lowest BCUT2D eigenvalue weighted by atomic mass is 10.2. The molecule has 1 heterocycles. The summed E-state index contributed by atoms with van der Waals surface area (Å²) in [5.74, 6) is 1.39. The Bertz CT molecular complexity index is 780. The van der Waals surface area contributed by atoms with Crippen LogP contribution in [-0.4, -0.2) is 31.2 Å². The van der Waals surface area contributed by atoms with E-state index in [1.807, 2.05) is 36.4 Å². The van der Waals surface area contributed by atoms with Gasteiger partial charge in [-0.3, -0.25) is 9.59 Å². The van der Waals surface area contributed by atoms with Crippen LogP contribution in [0, 0.1) is 0 Å². The number of nitrogens with zero attached hydrogens (tertiary/aromatic N) is 1. The van der Waals surface area contributed by atoms with Gasteiger partial charge in [0.1, 0.15) is 5.75 Å². The number of carbonyl (C=O) groups excluding carboxylic acids is 2. The molecule has 0 unspecified atom stereocenters. The van der Waals surface area contributed by atoms with E-state index in [9.17, 15) is 9.59 Å². The fraction of sp³-hybridized carbons (Fsp3) is 0.300. The van der Waals surface area contributed by atoms with Gasteiger partial charge >= 0.3 is 0 Å². The number of methoxy groups -OCH3 is 1. The van der Waals surface area contributed by atoms with Crippen molar-refractivity contribution in [1.29, 1.82) is 0 Å². The van der Waals surface area contributed by atoms with Gasteiger partial charge in [-0.2, -0.15) is 0 Å². The summed E-state index contributed by atoms with van der Waals surface area (Å²) in [6.07, 6.45) is 1.81. The van der Waals surface area contributed by atoms with Crippen molar-refractivity contribution in [1.82, 2.24) is 0 Å². The molecule has 3 rings (SSSR count). The highest BCUT2D eigenvalue weighted by atomic mass is 32.2. The molecule has 5 nitrogen and oxygen atoms in total. The van der Waals surface area contributed by atoms with Crippen LogP contribution in [0.5, 0.6) is 5.75 Å². The van der Waals surface area contributed by atoms with Gasteiger partial charge in [0, 0.05) is 35.7 Å². The summed E-state index contributed by atoms with van der Waals surface area (Å²) in [6.45, 7) is 0.681. The number of hydrogen-bond acceptors (Lipinski definition) is 4. The molecule has 6 heteroatoms. The molecule has 0 aromatic heterocycles. The van der Waals surface area contributed by atoms with E-state index in [1.54, 1.807) is 35.9 Å². The summed E-state index contributed by atoms with van der Waals surface area (Å²) in [5.41, 5.74) is 1.39. The average molecular weight is 370 g/mol. The van der Waals surface area contributed by atoms with Crippen molar-refractivity contribution in [3.63, 3.8) is 0 Å². The lowest BCUT2D eigenvalue weighted by Crippen LogP contribution is -2.24. The van der Waals surface area contributed by atoms with Crippen LogP contribution < -0.4 is 15.0 Å². The maximum absolute atomic E-state index is 12.2. The number of nitrogens with one attached hydrogen (secondary N) is 1. The molecule has 2 aromatic carbocycles. The molecule has 0 radical (unpaired) electrons. The van der Waals surface area contributed by atoms with E-state index < -0.39 is 0 Å². The van der Waals surface area contributed by atoms with Crippen molar-refractivity contribution in [2.75, 3.05) is 29.6 Å². The Morgan fingerprint density at radius 2 is 2.04 bits per heavy atom. The molecular formula is C20H22N2O3S. The quantitative estimate of drug-likeness (QED) is 0.750. The second kappa shape index (κ2) is 8.76. The van der Waals surface area contributed by atoms with Crippen molar-refractivity contribution in [3.05, 3.63) is 48.5 Å². The van der Waals surface area contributed by atoms with E-state index in [-0.39, 0.29) is 11.8 Å². The molecule has 0 aliphatic carbocycles. The Morgan fingerprint density at radius 3 is 2.73 bits per heavy atom. The number of ether oxygens (including phenoxy) is 1. The molecule has 0 bridgehead atoms. The maximum atomic E-state index is 12.2. The Morgan fingerprint density at radius 1 is 1.23 bits per heavy atom. The van der Waals surface area contributed by atoms with Gasteiger partial charge in [0.05, 0.1) is 12.8 Å². The Kier molecular flexibility index (Phi) is 6.17. The van der Waals surface area contributed by atoms with E-state index >= 15 is 0 Å². The van der Waals surface area contributed by atoms with Gasteiger partial charge in [-0.05, 0) is 36.8 Å². The van der Waals surface area contributed by atoms with Crippen molar-refractivity contribution >= 4 is 35.0 Å². The zero-order chi connectivity index (χ0) is 18.4. The number of carbonyl (C=O) groups is 2. The lowest BCUT2D eigenvalue weighted by molar-refractivity contribution is -0.117. The van der Waals surface area contributed by atoms with Crippen molar-refractivity contribution < 1.29 is 14.3 Å². The van der Waals surface area contributed by atoms with E-state index in [2.05, 4.69) is 5.32 Å². The van der Waals surface area contributed by atoms with E-state index in [1.165, 1.54) is 0 Å². The van der Waals surface area contributed by atoms with Crippen LogP contribution in [0.2, 0.25) is 0 Å². The number of amides is 2. The predicted octanol–water partition coefficient (Wildman–Crippen LogP) is 3.94. The summed E-state index contributed by atoms with van der Waals surface area (Å²) in [7, 11) is 1.58. The van der Waals surface area contributed by atoms with Crippen LogP contribution in [0.3, 0.4) is 0 Å². The minimum absolute atomic E-state index is 0.0442. The highest BCUT2D eigenvalue weighted by Gasteiger charge is 2.24. The topological polar surface area (TPSA) is 58.6 Å². The first-order valence-corrected chi connectivity index (χ1v) is 9.62. The molecule has 0 saturated carbocycles. The van der Waals surface area contributed by atoms with Gasteiger partial charge in [-0.15, -0.1) is 11.8 Å². The zero-order valence-electron chi connectivity index (χ0n) is 14.7. The minimum Gasteiger partial charge on any atom is -0.495 e. The summed E-state index contributed by atoms with van der Waals surface area (Å²) in [4.78, 5) is 27.1. The normalized spacial score (nSPS) is 13.7. The first-order chi connectivity index (χ1) is 12.7. The van der Waals surface area contributed by atoms with Crippen LogP contribution >= 0.6 is 11.8 Å². The lowest BCUT2D eigenvalue weighted by Gasteiger charge is -2.20. The van der Waals surface area contributed by atoms with Crippen molar-refractivity contribution in [3.8, 4) is 5.75 Å². The van der Waals surface area contributed by atoms with Crippen LogP contribution in [-0.2, 0) is 9.59 Å². The third-order valence-corrected chi connectivity index (χ3v) is 5.18. The fourth-order valence-corrected chi connectivity index (χ4v) is 3.76. The van der Waals surface area contributed by atoms with Crippen LogP contribution in [0.25, 0.3) is 0 Å². The van der Waals surface area contributed by atoms with Gasteiger partial charge in [-0.25, -0.2) is 0 Å². The van der Waals surface area contributed by atoms with Gasteiger partial charge in [0.2, 0.25) is 11.8 Å². The predicted molar refractivity (Wildman–Crippen MR) is 105 cm³/mol. The van der Waals surface area contributed by atoms with E-state index in [0.29, 0.717) is 42.3 Å².